The van der Waals surface area contributed by atoms with Crippen LogP contribution in [-0.4, -0.2) is 37.9 Å². The van der Waals surface area contributed by atoms with E-state index in [0.29, 0.717) is 5.69 Å². The first kappa shape index (κ1) is 25.2. The summed E-state index contributed by atoms with van der Waals surface area (Å²) in [6.07, 6.45) is 2.68. The number of para-hydroxylation sites is 1. The standard InChI is InChI=1S/C26H32N4O3S/c1-17-11-12-24(20(4)13-17)30-21(5)14-23(22(30)6)15-27-28-25(31)16-29(34(7,32)33)26-18(2)9-8-10-19(26)3/h8-15H,16H2,1-7H3,(H,28,31)/b27-15+. The molecule has 0 saturated heterocycles. The number of aromatic nitrogens is 1. The van der Waals surface area contributed by atoms with Crippen LogP contribution in [0.2, 0.25) is 0 Å². The van der Waals surface area contributed by atoms with E-state index in [1.54, 1.807) is 6.21 Å². The largest absolute Gasteiger partial charge is 0.318 e. The van der Waals surface area contributed by atoms with Crippen LogP contribution in [-0.2, 0) is 14.8 Å². The van der Waals surface area contributed by atoms with Gasteiger partial charge in [-0.15, -0.1) is 0 Å². The lowest BCUT2D eigenvalue weighted by Gasteiger charge is -2.25. The van der Waals surface area contributed by atoms with Gasteiger partial charge in [0.05, 0.1) is 18.2 Å². The Bertz CT molecular complexity index is 1350. The van der Waals surface area contributed by atoms with E-state index in [0.717, 1.165) is 44.3 Å². The highest BCUT2D eigenvalue weighted by Gasteiger charge is 2.23. The smallest absolute Gasteiger partial charge is 0.260 e. The highest BCUT2D eigenvalue weighted by atomic mass is 32.2. The van der Waals surface area contributed by atoms with Gasteiger partial charge in [-0.2, -0.15) is 5.10 Å². The maximum atomic E-state index is 12.6. The molecule has 1 heterocycles. The van der Waals surface area contributed by atoms with Gasteiger partial charge >= 0.3 is 0 Å². The van der Waals surface area contributed by atoms with E-state index >= 15 is 0 Å². The molecule has 0 bridgehead atoms. The highest BCUT2D eigenvalue weighted by Crippen LogP contribution is 2.26. The molecule has 1 aromatic heterocycles. The van der Waals surface area contributed by atoms with Crippen LogP contribution in [0, 0.1) is 41.5 Å². The molecule has 180 valence electrons. The topological polar surface area (TPSA) is 83.8 Å². The Morgan fingerprint density at radius 2 is 1.65 bits per heavy atom. The third-order valence-electron chi connectivity index (χ3n) is 5.83. The molecular formula is C26H32N4O3S. The first-order valence-electron chi connectivity index (χ1n) is 11.0. The lowest BCUT2D eigenvalue weighted by molar-refractivity contribution is -0.119. The van der Waals surface area contributed by atoms with Crippen LogP contribution in [0.25, 0.3) is 5.69 Å². The van der Waals surface area contributed by atoms with Crippen LogP contribution in [0.15, 0.2) is 47.6 Å². The molecule has 0 atom stereocenters. The van der Waals surface area contributed by atoms with E-state index in [2.05, 4.69) is 47.1 Å². The minimum atomic E-state index is -3.66. The van der Waals surface area contributed by atoms with Crippen LogP contribution >= 0.6 is 0 Å². The van der Waals surface area contributed by atoms with Crippen molar-refractivity contribution in [3.8, 4) is 5.69 Å². The first-order chi connectivity index (χ1) is 15.9. The van der Waals surface area contributed by atoms with Gasteiger partial charge in [-0.3, -0.25) is 9.10 Å². The fourth-order valence-corrected chi connectivity index (χ4v) is 5.22. The number of rotatable bonds is 7. The fraction of sp³-hybridized carbons (Fsp3) is 0.308. The maximum absolute atomic E-state index is 12.6. The molecule has 0 saturated carbocycles. The molecule has 3 aromatic rings. The van der Waals surface area contributed by atoms with Crippen molar-refractivity contribution in [1.29, 1.82) is 0 Å². The minimum Gasteiger partial charge on any atom is -0.318 e. The van der Waals surface area contributed by atoms with Gasteiger partial charge in [-0.1, -0.05) is 35.9 Å². The zero-order valence-corrected chi connectivity index (χ0v) is 21.6. The van der Waals surface area contributed by atoms with E-state index in [9.17, 15) is 13.2 Å². The summed E-state index contributed by atoms with van der Waals surface area (Å²) < 4.78 is 28.2. The Morgan fingerprint density at radius 1 is 1.00 bits per heavy atom. The van der Waals surface area contributed by atoms with Gasteiger partial charge in [0, 0.05) is 22.6 Å². The third kappa shape index (κ3) is 5.39. The number of hydrogen-bond acceptors (Lipinski definition) is 4. The van der Waals surface area contributed by atoms with E-state index in [-0.39, 0.29) is 6.54 Å². The summed E-state index contributed by atoms with van der Waals surface area (Å²) in [6, 6.07) is 13.8. The number of anilines is 1. The number of nitrogens with one attached hydrogen (secondary N) is 1. The lowest BCUT2D eigenvalue weighted by Crippen LogP contribution is -2.39. The number of carbonyl (C=O) groups is 1. The Morgan fingerprint density at radius 3 is 2.24 bits per heavy atom. The molecule has 1 amide bonds. The number of benzene rings is 2. The molecule has 0 aliphatic rings. The quantitative estimate of drug-likeness (QED) is 0.405. The molecule has 34 heavy (non-hydrogen) atoms. The summed E-state index contributed by atoms with van der Waals surface area (Å²) in [6.45, 7) is 11.5. The Kier molecular flexibility index (Phi) is 7.31. The Labute approximate surface area is 202 Å². The third-order valence-corrected chi connectivity index (χ3v) is 6.95. The van der Waals surface area contributed by atoms with Gasteiger partial charge in [0.2, 0.25) is 10.0 Å². The van der Waals surface area contributed by atoms with Crippen molar-refractivity contribution in [1.82, 2.24) is 9.99 Å². The number of carbonyl (C=O) groups excluding carboxylic acids is 1. The van der Waals surface area contributed by atoms with E-state index in [4.69, 9.17) is 0 Å². The Balaban J connectivity index is 1.80. The molecule has 3 rings (SSSR count). The van der Waals surface area contributed by atoms with Crippen LogP contribution in [0.5, 0.6) is 0 Å². The van der Waals surface area contributed by atoms with Gasteiger partial charge in [-0.05, 0) is 70.4 Å². The van der Waals surface area contributed by atoms with Gasteiger partial charge in [0.25, 0.3) is 5.91 Å². The predicted octanol–water partition coefficient (Wildman–Crippen LogP) is 4.24. The molecule has 8 heteroatoms. The summed E-state index contributed by atoms with van der Waals surface area (Å²) in [5.41, 5.74) is 10.9. The molecule has 0 aliphatic carbocycles. The molecule has 2 aromatic carbocycles. The van der Waals surface area contributed by atoms with Crippen molar-refractivity contribution in [3.05, 3.63) is 81.7 Å². The van der Waals surface area contributed by atoms with Crippen molar-refractivity contribution in [2.24, 2.45) is 5.10 Å². The highest BCUT2D eigenvalue weighted by molar-refractivity contribution is 7.92. The summed E-state index contributed by atoms with van der Waals surface area (Å²) in [5.74, 6) is -0.521. The molecule has 0 aliphatic heterocycles. The summed E-state index contributed by atoms with van der Waals surface area (Å²) in [5, 5.41) is 4.10. The molecular weight excluding hydrogens is 448 g/mol. The zero-order chi connectivity index (χ0) is 25.2. The number of hydrogen-bond donors (Lipinski definition) is 1. The number of amides is 1. The number of aryl methyl sites for hydroxylation is 5. The second kappa shape index (κ2) is 9.85. The van der Waals surface area contributed by atoms with Crippen molar-refractivity contribution in [2.75, 3.05) is 17.1 Å². The lowest BCUT2D eigenvalue weighted by atomic mass is 10.1. The van der Waals surface area contributed by atoms with Crippen molar-refractivity contribution in [3.63, 3.8) is 0 Å². The maximum Gasteiger partial charge on any atom is 0.260 e. The monoisotopic (exact) mass is 480 g/mol. The van der Waals surface area contributed by atoms with Crippen LogP contribution in [0.1, 0.15) is 39.2 Å². The molecule has 0 fully saturated rings. The van der Waals surface area contributed by atoms with Gasteiger partial charge in [0.15, 0.2) is 0 Å². The predicted molar refractivity (Wildman–Crippen MR) is 139 cm³/mol. The molecule has 0 unspecified atom stereocenters. The van der Waals surface area contributed by atoms with Gasteiger partial charge in [-0.25, -0.2) is 13.8 Å². The van der Waals surface area contributed by atoms with E-state index in [1.807, 2.05) is 52.0 Å². The summed E-state index contributed by atoms with van der Waals surface area (Å²) in [4.78, 5) is 12.6. The summed E-state index contributed by atoms with van der Waals surface area (Å²) >= 11 is 0. The average molecular weight is 481 g/mol. The average Bonchev–Trinajstić information content (AvgIpc) is 3.00. The normalized spacial score (nSPS) is 11.7. The minimum absolute atomic E-state index is 0.358. The van der Waals surface area contributed by atoms with E-state index in [1.165, 1.54) is 11.1 Å². The van der Waals surface area contributed by atoms with Crippen molar-refractivity contribution in [2.45, 2.75) is 41.5 Å². The molecule has 0 radical (unpaired) electrons. The molecule has 0 spiro atoms. The van der Waals surface area contributed by atoms with Gasteiger partial charge < -0.3 is 4.57 Å². The molecule has 1 N–H and O–H groups in total. The first-order valence-corrected chi connectivity index (χ1v) is 12.9. The SMILES string of the molecule is Cc1ccc(-n2c(C)cc(/C=N/NC(=O)CN(c3c(C)cccc3C)S(C)(=O)=O)c2C)c(C)c1. The second-order valence-electron chi connectivity index (χ2n) is 8.76. The van der Waals surface area contributed by atoms with Crippen molar-refractivity contribution < 1.29 is 13.2 Å². The second-order valence-corrected chi connectivity index (χ2v) is 10.7. The fourth-order valence-electron chi connectivity index (χ4n) is 4.25. The number of sulfonamides is 1. The summed E-state index contributed by atoms with van der Waals surface area (Å²) in [7, 11) is -3.66. The number of nitrogens with zero attached hydrogens (tertiary/aromatic N) is 3. The van der Waals surface area contributed by atoms with Crippen LogP contribution in [0.3, 0.4) is 0 Å². The van der Waals surface area contributed by atoms with Crippen molar-refractivity contribution >= 4 is 27.8 Å². The zero-order valence-electron chi connectivity index (χ0n) is 20.8. The Hall–Kier alpha value is -3.39. The number of hydrazone groups is 1. The van der Waals surface area contributed by atoms with Gasteiger partial charge in [0.1, 0.15) is 6.54 Å². The van der Waals surface area contributed by atoms with Crippen LogP contribution < -0.4 is 9.73 Å². The van der Waals surface area contributed by atoms with E-state index < -0.39 is 15.9 Å². The van der Waals surface area contributed by atoms with Crippen LogP contribution in [0.4, 0.5) is 5.69 Å². The molecule has 7 nitrogen and oxygen atoms in total.